The van der Waals surface area contributed by atoms with Crippen molar-refractivity contribution in [3.63, 3.8) is 0 Å². The Morgan fingerprint density at radius 3 is 2.50 bits per heavy atom. The molecule has 2 aromatic carbocycles. The highest BCUT2D eigenvalue weighted by atomic mass is 79.9. The van der Waals surface area contributed by atoms with Gasteiger partial charge in [-0.05, 0) is 67.6 Å². The fraction of sp³-hybridized carbons (Fsp3) is 0.294. The standard InChI is InChI=1S/C17H21BrN2/c1-11-4-5-14(13(3)12(11)2)8-9-20-17-7-6-15(18)10-16(17)19/h4-7,10,20H,8-9,19H2,1-3H3. The molecule has 0 spiro atoms. The summed E-state index contributed by atoms with van der Waals surface area (Å²) in [5.41, 5.74) is 13.3. The Kier molecular flexibility index (Phi) is 4.71. The summed E-state index contributed by atoms with van der Waals surface area (Å²) in [6.45, 7) is 7.43. The van der Waals surface area contributed by atoms with E-state index in [4.69, 9.17) is 5.73 Å². The Morgan fingerprint density at radius 1 is 1.05 bits per heavy atom. The van der Waals surface area contributed by atoms with Crippen molar-refractivity contribution in [2.45, 2.75) is 27.2 Å². The average molecular weight is 333 g/mol. The molecule has 0 fully saturated rings. The zero-order valence-electron chi connectivity index (χ0n) is 12.3. The lowest BCUT2D eigenvalue weighted by atomic mass is 9.97. The van der Waals surface area contributed by atoms with E-state index < -0.39 is 0 Å². The van der Waals surface area contributed by atoms with E-state index in [-0.39, 0.29) is 0 Å². The van der Waals surface area contributed by atoms with E-state index in [0.29, 0.717) is 0 Å². The number of anilines is 2. The number of rotatable bonds is 4. The van der Waals surface area contributed by atoms with Crippen LogP contribution in [0, 0.1) is 20.8 Å². The Morgan fingerprint density at radius 2 is 1.80 bits per heavy atom. The molecule has 0 aliphatic heterocycles. The van der Waals surface area contributed by atoms with Gasteiger partial charge in [-0.25, -0.2) is 0 Å². The summed E-state index contributed by atoms with van der Waals surface area (Å²) in [6.07, 6.45) is 1.00. The monoisotopic (exact) mass is 332 g/mol. The zero-order chi connectivity index (χ0) is 14.7. The van der Waals surface area contributed by atoms with E-state index in [1.807, 2.05) is 18.2 Å². The first-order valence-electron chi connectivity index (χ1n) is 6.83. The van der Waals surface area contributed by atoms with Crippen LogP contribution in [0.15, 0.2) is 34.8 Å². The first kappa shape index (κ1) is 14.9. The van der Waals surface area contributed by atoms with Crippen LogP contribution in [0.5, 0.6) is 0 Å². The molecule has 3 heteroatoms. The molecule has 20 heavy (non-hydrogen) atoms. The van der Waals surface area contributed by atoms with Gasteiger partial charge in [-0.2, -0.15) is 0 Å². The average Bonchev–Trinajstić information content (AvgIpc) is 2.41. The van der Waals surface area contributed by atoms with E-state index >= 15 is 0 Å². The van der Waals surface area contributed by atoms with Crippen molar-refractivity contribution in [2.75, 3.05) is 17.6 Å². The third-order valence-corrected chi connectivity index (χ3v) is 4.39. The quantitative estimate of drug-likeness (QED) is 0.802. The summed E-state index contributed by atoms with van der Waals surface area (Å²) in [6, 6.07) is 10.4. The van der Waals surface area contributed by atoms with Gasteiger partial charge in [0, 0.05) is 11.0 Å². The third-order valence-electron chi connectivity index (χ3n) is 3.89. The van der Waals surface area contributed by atoms with Gasteiger partial charge in [-0.15, -0.1) is 0 Å². The Bertz CT molecular complexity index is 621. The fourth-order valence-corrected chi connectivity index (χ4v) is 2.69. The molecule has 0 heterocycles. The molecule has 0 saturated carbocycles. The second-order valence-corrected chi connectivity index (χ2v) is 6.12. The number of benzene rings is 2. The van der Waals surface area contributed by atoms with Gasteiger partial charge in [0.25, 0.3) is 0 Å². The lowest BCUT2D eigenvalue weighted by Crippen LogP contribution is -2.08. The maximum absolute atomic E-state index is 5.98. The van der Waals surface area contributed by atoms with Crippen LogP contribution in [0.1, 0.15) is 22.3 Å². The number of nitrogens with one attached hydrogen (secondary N) is 1. The molecule has 0 atom stereocenters. The van der Waals surface area contributed by atoms with Crippen LogP contribution in [-0.4, -0.2) is 6.54 Å². The Balaban J connectivity index is 2.01. The summed E-state index contributed by atoms with van der Waals surface area (Å²) < 4.78 is 1.01. The smallest absolute Gasteiger partial charge is 0.0574 e. The van der Waals surface area contributed by atoms with E-state index in [1.165, 1.54) is 22.3 Å². The van der Waals surface area contributed by atoms with Crippen molar-refractivity contribution in [3.8, 4) is 0 Å². The molecule has 2 aromatic rings. The second-order valence-electron chi connectivity index (χ2n) is 5.20. The maximum Gasteiger partial charge on any atom is 0.0574 e. The molecule has 2 rings (SSSR count). The molecule has 0 amide bonds. The Hall–Kier alpha value is -1.48. The molecule has 106 valence electrons. The van der Waals surface area contributed by atoms with Crippen LogP contribution < -0.4 is 11.1 Å². The van der Waals surface area contributed by atoms with Crippen molar-refractivity contribution in [1.82, 2.24) is 0 Å². The summed E-state index contributed by atoms with van der Waals surface area (Å²) in [4.78, 5) is 0. The normalized spacial score (nSPS) is 10.6. The van der Waals surface area contributed by atoms with Gasteiger partial charge in [0.2, 0.25) is 0 Å². The highest BCUT2D eigenvalue weighted by Gasteiger charge is 2.04. The van der Waals surface area contributed by atoms with Crippen LogP contribution in [0.2, 0.25) is 0 Å². The van der Waals surface area contributed by atoms with Gasteiger partial charge in [-0.3, -0.25) is 0 Å². The first-order valence-corrected chi connectivity index (χ1v) is 7.63. The van der Waals surface area contributed by atoms with Gasteiger partial charge < -0.3 is 11.1 Å². The molecule has 0 saturated heterocycles. The van der Waals surface area contributed by atoms with Gasteiger partial charge in [-0.1, -0.05) is 28.1 Å². The van der Waals surface area contributed by atoms with E-state index in [9.17, 15) is 0 Å². The summed E-state index contributed by atoms with van der Waals surface area (Å²) in [5, 5.41) is 3.40. The highest BCUT2D eigenvalue weighted by molar-refractivity contribution is 9.10. The SMILES string of the molecule is Cc1ccc(CCNc2ccc(Br)cc2N)c(C)c1C. The molecular formula is C17H21BrN2. The molecule has 0 radical (unpaired) electrons. The van der Waals surface area contributed by atoms with Crippen LogP contribution in [0.3, 0.4) is 0 Å². The van der Waals surface area contributed by atoms with Gasteiger partial charge in [0.15, 0.2) is 0 Å². The zero-order valence-corrected chi connectivity index (χ0v) is 13.8. The third kappa shape index (κ3) is 3.34. The Labute approximate surface area is 129 Å². The molecule has 0 unspecified atom stereocenters. The van der Waals surface area contributed by atoms with E-state index in [0.717, 1.165) is 28.8 Å². The van der Waals surface area contributed by atoms with Gasteiger partial charge in [0.05, 0.1) is 11.4 Å². The summed E-state index contributed by atoms with van der Waals surface area (Å²) >= 11 is 3.42. The van der Waals surface area contributed by atoms with Crippen molar-refractivity contribution < 1.29 is 0 Å². The highest BCUT2D eigenvalue weighted by Crippen LogP contribution is 2.23. The van der Waals surface area contributed by atoms with Crippen molar-refractivity contribution in [1.29, 1.82) is 0 Å². The van der Waals surface area contributed by atoms with Crippen LogP contribution in [0.25, 0.3) is 0 Å². The minimum absolute atomic E-state index is 0.774. The van der Waals surface area contributed by atoms with Gasteiger partial charge in [0.1, 0.15) is 0 Å². The van der Waals surface area contributed by atoms with Gasteiger partial charge >= 0.3 is 0 Å². The molecule has 3 N–H and O–H groups in total. The summed E-state index contributed by atoms with van der Waals surface area (Å²) in [5.74, 6) is 0. The fourth-order valence-electron chi connectivity index (χ4n) is 2.31. The van der Waals surface area contributed by atoms with Crippen molar-refractivity contribution >= 4 is 27.3 Å². The molecule has 0 aliphatic rings. The number of nitrogen functional groups attached to an aromatic ring is 1. The van der Waals surface area contributed by atoms with E-state index in [1.54, 1.807) is 0 Å². The lowest BCUT2D eigenvalue weighted by Gasteiger charge is -2.13. The van der Waals surface area contributed by atoms with Crippen LogP contribution in [0.4, 0.5) is 11.4 Å². The predicted octanol–water partition coefficient (Wildman–Crippen LogP) is 4.61. The first-order chi connectivity index (χ1) is 9.49. The van der Waals surface area contributed by atoms with Crippen LogP contribution >= 0.6 is 15.9 Å². The van der Waals surface area contributed by atoms with E-state index in [2.05, 4.69) is 54.2 Å². The second kappa shape index (κ2) is 6.31. The number of nitrogens with two attached hydrogens (primary N) is 1. The van der Waals surface area contributed by atoms with Crippen LogP contribution in [-0.2, 0) is 6.42 Å². The number of halogens is 1. The maximum atomic E-state index is 5.98. The number of hydrogen-bond acceptors (Lipinski definition) is 2. The minimum atomic E-state index is 0.774. The van der Waals surface area contributed by atoms with Crippen molar-refractivity contribution in [2.24, 2.45) is 0 Å². The topological polar surface area (TPSA) is 38.0 Å². The lowest BCUT2D eigenvalue weighted by molar-refractivity contribution is 0.996. The number of aryl methyl sites for hydroxylation is 1. The molecule has 0 aromatic heterocycles. The minimum Gasteiger partial charge on any atom is -0.397 e. The molecular weight excluding hydrogens is 312 g/mol. The molecule has 2 nitrogen and oxygen atoms in total. The largest absolute Gasteiger partial charge is 0.397 e. The summed E-state index contributed by atoms with van der Waals surface area (Å²) in [7, 11) is 0. The molecule has 0 bridgehead atoms. The molecule has 0 aliphatic carbocycles. The predicted molar refractivity (Wildman–Crippen MR) is 91.4 cm³/mol. The number of hydrogen-bond donors (Lipinski definition) is 2. The van der Waals surface area contributed by atoms with Crippen molar-refractivity contribution in [3.05, 3.63) is 57.1 Å².